The van der Waals surface area contributed by atoms with Gasteiger partial charge in [-0.15, -0.1) is 0 Å². The van der Waals surface area contributed by atoms with E-state index in [9.17, 15) is 4.79 Å². The molecule has 3 rings (SSSR count). The molecule has 1 aromatic heterocycles. The van der Waals surface area contributed by atoms with Gasteiger partial charge >= 0.3 is 0 Å². The average molecular weight is 270 g/mol. The molecule has 0 atom stereocenters. The van der Waals surface area contributed by atoms with Crippen molar-refractivity contribution in [3.05, 3.63) is 48.3 Å². The van der Waals surface area contributed by atoms with Crippen molar-refractivity contribution in [3.63, 3.8) is 0 Å². The maximum absolute atomic E-state index is 12.2. The highest BCUT2D eigenvalue weighted by Crippen LogP contribution is 2.15. The van der Waals surface area contributed by atoms with Crippen molar-refractivity contribution >= 4 is 11.6 Å². The van der Waals surface area contributed by atoms with Crippen molar-refractivity contribution in [3.8, 4) is 0 Å². The normalized spacial score (nSPS) is 15.4. The second-order valence-electron chi connectivity index (χ2n) is 4.96. The first-order valence-electron chi connectivity index (χ1n) is 6.89. The Morgan fingerprint density at radius 2 is 1.85 bits per heavy atom. The van der Waals surface area contributed by atoms with E-state index >= 15 is 0 Å². The third-order valence-electron chi connectivity index (χ3n) is 3.65. The fraction of sp³-hybridized carbons (Fsp3) is 0.333. The standard InChI is InChI=1S/C15H18N4O/c20-15(12-13-6-7-16-17-13)19-10-8-18(9-11-19)14-4-2-1-3-5-14/h1-7H,8-12H2,(H,16,17). The first-order valence-corrected chi connectivity index (χ1v) is 6.89. The minimum absolute atomic E-state index is 0.168. The van der Waals surface area contributed by atoms with Crippen LogP contribution in [0.3, 0.4) is 0 Å². The van der Waals surface area contributed by atoms with E-state index in [1.54, 1.807) is 6.20 Å². The van der Waals surface area contributed by atoms with Gasteiger partial charge in [0.05, 0.1) is 6.42 Å². The van der Waals surface area contributed by atoms with Crippen LogP contribution in [0, 0.1) is 0 Å². The lowest BCUT2D eigenvalue weighted by molar-refractivity contribution is -0.130. The van der Waals surface area contributed by atoms with E-state index in [0.717, 1.165) is 31.9 Å². The van der Waals surface area contributed by atoms with E-state index in [1.165, 1.54) is 5.69 Å². The molecule has 1 aliphatic rings. The van der Waals surface area contributed by atoms with Crippen molar-refractivity contribution in [2.24, 2.45) is 0 Å². The average Bonchev–Trinajstić information content (AvgIpc) is 3.01. The number of benzene rings is 1. The number of nitrogens with zero attached hydrogens (tertiary/aromatic N) is 3. The summed E-state index contributed by atoms with van der Waals surface area (Å²) in [4.78, 5) is 16.4. The summed E-state index contributed by atoms with van der Waals surface area (Å²) in [5.41, 5.74) is 2.11. The second-order valence-corrected chi connectivity index (χ2v) is 4.96. The molecule has 0 spiro atoms. The highest BCUT2D eigenvalue weighted by molar-refractivity contribution is 5.78. The number of carbonyl (C=O) groups excluding carboxylic acids is 1. The van der Waals surface area contributed by atoms with Crippen LogP contribution in [0.25, 0.3) is 0 Å². The molecular formula is C15H18N4O. The van der Waals surface area contributed by atoms with Gasteiger partial charge < -0.3 is 9.80 Å². The van der Waals surface area contributed by atoms with E-state index in [4.69, 9.17) is 0 Å². The van der Waals surface area contributed by atoms with Crippen LogP contribution >= 0.6 is 0 Å². The van der Waals surface area contributed by atoms with Gasteiger partial charge in [0, 0.05) is 43.8 Å². The fourth-order valence-corrected chi connectivity index (χ4v) is 2.51. The first-order chi connectivity index (χ1) is 9.83. The van der Waals surface area contributed by atoms with Crippen LogP contribution < -0.4 is 4.90 Å². The molecule has 0 saturated carbocycles. The van der Waals surface area contributed by atoms with Crippen molar-refractivity contribution in [2.75, 3.05) is 31.1 Å². The molecule has 1 aliphatic heterocycles. The van der Waals surface area contributed by atoms with Gasteiger partial charge in [-0.3, -0.25) is 9.89 Å². The third kappa shape index (κ3) is 2.82. The molecule has 0 radical (unpaired) electrons. The van der Waals surface area contributed by atoms with Crippen molar-refractivity contribution < 1.29 is 4.79 Å². The Kier molecular flexibility index (Phi) is 3.67. The second kappa shape index (κ2) is 5.77. The monoisotopic (exact) mass is 270 g/mol. The molecule has 2 heterocycles. The minimum Gasteiger partial charge on any atom is -0.368 e. The molecule has 0 aliphatic carbocycles. The van der Waals surface area contributed by atoms with Crippen molar-refractivity contribution in [2.45, 2.75) is 6.42 Å². The lowest BCUT2D eigenvalue weighted by atomic mass is 10.2. The molecule has 5 nitrogen and oxygen atoms in total. The Morgan fingerprint density at radius 3 is 2.50 bits per heavy atom. The van der Waals surface area contributed by atoms with Crippen LogP contribution in [0.2, 0.25) is 0 Å². The summed E-state index contributed by atoms with van der Waals surface area (Å²) in [6.07, 6.45) is 2.08. The number of aromatic amines is 1. The zero-order chi connectivity index (χ0) is 13.8. The van der Waals surface area contributed by atoms with Crippen molar-refractivity contribution in [1.82, 2.24) is 15.1 Å². The van der Waals surface area contributed by atoms with Gasteiger partial charge in [0.1, 0.15) is 0 Å². The first kappa shape index (κ1) is 12.7. The summed E-state index contributed by atoms with van der Waals surface area (Å²) in [6.45, 7) is 3.33. The summed E-state index contributed by atoms with van der Waals surface area (Å²) in [5.74, 6) is 0.168. The predicted molar refractivity (Wildman–Crippen MR) is 77.5 cm³/mol. The molecule has 1 aromatic carbocycles. The molecule has 1 N–H and O–H groups in total. The summed E-state index contributed by atoms with van der Waals surface area (Å²) < 4.78 is 0. The molecular weight excluding hydrogens is 252 g/mol. The number of H-pyrrole nitrogens is 1. The molecule has 0 unspecified atom stereocenters. The number of carbonyl (C=O) groups is 1. The van der Waals surface area contributed by atoms with E-state index in [0.29, 0.717) is 6.42 Å². The molecule has 20 heavy (non-hydrogen) atoms. The van der Waals surface area contributed by atoms with E-state index < -0.39 is 0 Å². The number of para-hydroxylation sites is 1. The molecule has 1 amide bonds. The van der Waals surface area contributed by atoms with Gasteiger partial charge in [0.2, 0.25) is 5.91 Å². The molecule has 1 saturated heterocycles. The highest BCUT2D eigenvalue weighted by Gasteiger charge is 2.21. The smallest absolute Gasteiger partial charge is 0.228 e. The number of rotatable bonds is 3. The Labute approximate surface area is 118 Å². The van der Waals surface area contributed by atoms with Gasteiger partial charge in [-0.2, -0.15) is 5.10 Å². The van der Waals surface area contributed by atoms with E-state index in [1.807, 2.05) is 29.2 Å². The zero-order valence-corrected chi connectivity index (χ0v) is 11.3. The number of piperazine rings is 1. The topological polar surface area (TPSA) is 52.2 Å². The van der Waals surface area contributed by atoms with Gasteiger partial charge in [-0.1, -0.05) is 18.2 Å². The summed E-state index contributed by atoms with van der Waals surface area (Å²) in [6, 6.07) is 12.2. The predicted octanol–water partition coefficient (Wildman–Crippen LogP) is 1.30. The van der Waals surface area contributed by atoms with Crippen LogP contribution in [-0.2, 0) is 11.2 Å². The van der Waals surface area contributed by atoms with Gasteiger partial charge in [0.15, 0.2) is 0 Å². The van der Waals surface area contributed by atoms with Crippen LogP contribution in [0.1, 0.15) is 5.69 Å². The Morgan fingerprint density at radius 1 is 1.10 bits per heavy atom. The number of anilines is 1. The summed E-state index contributed by atoms with van der Waals surface area (Å²) in [7, 11) is 0. The van der Waals surface area contributed by atoms with Crippen LogP contribution in [0.15, 0.2) is 42.6 Å². The summed E-state index contributed by atoms with van der Waals surface area (Å²) >= 11 is 0. The summed E-state index contributed by atoms with van der Waals surface area (Å²) in [5, 5.41) is 6.70. The SMILES string of the molecule is O=C(Cc1ccn[nH]1)N1CCN(c2ccccc2)CC1. The van der Waals surface area contributed by atoms with Gasteiger partial charge in [0.25, 0.3) is 0 Å². The highest BCUT2D eigenvalue weighted by atomic mass is 16.2. The number of aromatic nitrogens is 2. The molecule has 5 heteroatoms. The number of hydrogen-bond donors (Lipinski definition) is 1. The van der Waals surface area contributed by atoms with Crippen LogP contribution in [-0.4, -0.2) is 47.2 Å². The third-order valence-corrected chi connectivity index (χ3v) is 3.65. The quantitative estimate of drug-likeness (QED) is 0.914. The fourth-order valence-electron chi connectivity index (χ4n) is 2.51. The molecule has 104 valence electrons. The van der Waals surface area contributed by atoms with E-state index in [-0.39, 0.29) is 5.91 Å². The molecule has 1 fully saturated rings. The minimum atomic E-state index is 0.168. The number of nitrogens with one attached hydrogen (secondary N) is 1. The lowest BCUT2D eigenvalue weighted by Crippen LogP contribution is -2.49. The number of hydrogen-bond acceptors (Lipinski definition) is 3. The maximum Gasteiger partial charge on any atom is 0.228 e. The van der Waals surface area contributed by atoms with Crippen molar-refractivity contribution in [1.29, 1.82) is 0 Å². The molecule has 0 bridgehead atoms. The van der Waals surface area contributed by atoms with Gasteiger partial charge in [-0.25, -0.2) is 0 Å². The maximum atomic E-state index is 12.2. The Hall–Kier alpha value is -2.30. The van der Waals surface area contributed by atoms with E-state index in [2.05, 4.69) is 27.2 Å². The molecule has 2 aromatic rings. The van der Waals surface area contributed by atoms with Crippen LogP contribution in [0.5, 0.6) is 0 Å². The largest absolute Gasteiger partial charge is 0.368 e. The van der Waals surface area contributed by atoms with Crippen LogP contribution in [0.4, 0.5) is 5.69 Å². The Balaban J connectivity index is 1.54. The Bertz CT molecular complexity index is 545. The van der Waals surface area contributed by atoms with Gasteiger partial charge in [-0.05, 0) is 18.2 Å². The number of amides is 1. The lowest BCUT2D eigenvalue weighted by Gasteiger charge is -2.36. The zero-order valence-electron chi connectivity index (χ0n) is 11.3.